The van der Waals surface area contributed by atoms with E-state index in [-0.39, 0.29) is 0 Å². The molecule has 0 amide bonds. The summed E-state index contributed by atoms with van der Waals surface area (Å²) >= 11 is 3.43. The number of aryl methyl sites for hydroxylation is 3. The van der Waals surface area contributed by atoms with Crippen molar-refractivity contribution in [3.8, 4) is 0 Å². The number of hydrogen-bond donors (Lipinski definition) is 1. The van der Waals surface area contributed by atoms with E-state index in [0.29, 0.717) is 6.04 Å². The van der Waals surface area contributed by atoms with Gasteiger partial charge < -0.3 is 5.32 Å². The molecule has 0 radical (unpaired) electrons. The molecule has 0 fully saturated rings. The molecule has 1 aromatic carbocycles. The fourth-order valence-electron chi connectivity index (χ4n) is 2.78. The fourth-order valence-corrected chi connectivity index (χ4v) is 3.14. The molecule has 1 N–H and O–H groups in total. The Bertz CT molecular complexity index is 640. The number of nitrogens with zero attached hydrogens (tertiary/aromatic N) is 2. The lowest BCUT2D eigenvalue weighted by atomic mass is 9.88. The zero-order valence-electron chi connectivity index (χ0n) is 11.8. The van der Waals surface area contributed by atoms with E-state index < -0.39 is 0 Å². The van der Waals surface area contributed by atoms with E-state index in [1.54, 1.807) is 0 Å². The minimum atomic E-state index is 0.341. The fraction of sp³-hybridized carbons (Fsp3) is 0.375. The van der Waals surface area contributed by atoms with Crippen LogP contribution in [0.3, 0.4) is 0 Å². The van der Waals surface area contributed by atoms with Crippen molar-refractivity contribution in [2.24, 2.45) is 0 Å². The minimum absolute atomic E-state index is 0.341. The van der Waals surface area contributed by atoms with E-state index >= 15 is 0 Å². The molecule has 0 bridgehead atoms. The molecule has 0 spiro atoms. The number of hydrogen-bond acceptors (Lipinski definition) is 3. The van der Waals surface area contributed by atoms with Gasteiger partial charge in [0, 0.05) is 0 Å². The lowest BCUT2D eigenvalue weighted by Gasteiger charge is -2.27. The van der Waals surface area contributed by atoms with E-state index in [1.807, 2.05) is 13.8 Å². The van der Waals surface area contributed by atoms with Crippen molar-refractivity contribution in [1.82, 2.24) is 9.97 Å². The summed E-state index contributed by atoms with van der Waals surface area (Å²) in [4.78, 5) is 9.11. The molecule has 1 atom stereocenters. The highest BCUT2D eigenvalue weighted by Crippen LogP contribution is 2.32. The Hall–Kier alpha value is -1.42. The molecule has 3 rings (SSSR count). The summed E-state index contributed by atoms with van der Waals surface area (Å²) in [6.07, 6.45) is 3.54. The van der Waals surface area contributed by atoms with Gasteiger partial charge in [-0.15, -0.1) is 0 Å². The number of benzene rings is 1. The van der Waals surface area contributed by atoms with Crippen molar-refractivity contribution in [2.75, 3.05) is 5.32 Å². The van der Waals surface area contributed by atoms with E-state index in [4.69, 9.17) is 0 Å². The Kier molecular flexibility index (Phi) is 3.74. The van der Waals surface area contributed by atoms with Crippen LogP contribution in [0.1, 0.15) is 41.4 Å². The van der Waals surface area contributed by atoms with Gasteiger partial charge in [-0.05, 0) is 60.2 Å². The number of rotatable bonds is 2. The summed E-state index contributed by atoms with van der Waals surface area (Å²) in [6.45, 7) is 3.96. The molecule has 2 aromatic rings. The first kappa shape index (κ1) is 13.6. The highest BCUT2D eigenvalue weighted by atomic mass is 79.9. The molecule has 0 saturated carbocycles. The first-order valence-corrected chi connectivity index (χ1v) is 7.79. The van der Waals surface area contributed by atoms with E-state index in [9.17, 15) is 0 Å². The van der Waals surface area contributed by atoms with Crippen LogP contribution in [-0.2, 0) is 6.42 Å². The molecule has 20 heavy (non-hydrogen) atoms. The quantitative estimate of drug-likeness (QED) is 0.889. The second kappa shape index (κ2) is 5.52. The molecule has 1 heterocycles. The second-order valence-electron chi connectivity index (χ2n) is 5.32. The summed E-state index contributed by atoms with van der Waals surface area (Å²) in [5, 5.41) is 3.58. The van der Waals surface area contributed by atoms with Crippen LogP contribution < -0.4 is 5.32 Å². The molecular weight excluding hydrogens is 314 g/mol. The molecule has 1 aromatic heterocycles. The monoisotopic (exact) mass is 331 g/mol. The third kappa shape index (κ3) is 2.57. The standard InChI is InChI=1S/C16H18BrN3/c1-10-15(17)18-11(2)16(19-10)20-14-9-5-7-12-6-3-4-8-13(12)14/h3-4,6,8,14H,5,7,9H2,1-2H3,(H,19,20). The molecule has 1 aliphatic rings. The summed E-state index contributed by atoms with van der Waals surface area (Å²) < 4.78 is 0.824. The molecule has 0 saturated heterocycles. The van der Waals surface area contributed by atoms with Gasteiger partial charge in [-0.3, -0.25) is 0 Å². The Morgan fingerprint density at radius 3 is 2.80 bits per heavy atom. The third-order valence-electron chi connectivity index (χ3n) is 3.87. The number of aromatic nitrogens is 2. The van der Waals surface area contributed by atoms with Crippen molar-refractivity contribution < 1.29 is 0 Å². The van der Waals surface area contributed by atoms with Gasteiger partial charge in [0.2, 0.25) is 0 Å². The van der Waals surface area contributed by atoms with Crippen LogP contribution in [0.2, 0.25) is 0 Å². The first-order valence-electron chi connectivity index (χ1n) is 7.00. The van der Waals surface area contributed by atoms with Gasteiger partial charge in [0.1, 0.15) is 10.4 Å². The normalized spacial score (nSPS) is 17.6. The lowest BCUT2D eigenvalue weighted by molar-refractivity contribution is 0.597. The molecule has 1 aliphatic carbocycles. The average molecular weight is 332 g/mol. The highest BCUT2D eigenvalue weighted by Gasteiger charge is 2.20. The summed E-state index contributed by atoms with van der Waals surface area (Å²) in [5.41, 5.74) is 4.71. The van der Waals surface area contributed by atoms with Gasteiger partial charge in [-0.2, -0.15) is 0 Å². The Balaban J connectivity index is 1.91. The maximum absolute atomic E-state index is 4.62. The van der Waals surface area contributed by atoms with E-state index in [2.05, 4.69) is 55.5 Å². The van der Waals surface area contributed by atoms with Crippen LogP contribution in [-0.4, -0.2) is 9.97 Å². The van der Waals surface area contributed by atoms with Crippen molar-refractivity contribution >= 4 is 21.7 Å². The van der Waals surface area contributed by atoms with Crippen molar-refractivity contribution in [1.29, 1.82) is 0 Å². The number of nitrogens with one attached hydrogen (secondary N) is 1. The first-order chi connectivity index (χ1) is 9.65. The van der Waals surface area contributed by atoms with Crippen molar-refractivity contribution in [3.05, 3.63) is 51.4 Å². The lowest BCUT2D eigenvalue weighted by Crippen LogP contribution is -2.19. The maximum atomic E-state index is 4.62. The zero-order valence-corrected chi connectivity index (χ0v) is 13.4. The van der Waals surface area contributed by atoms with Crippen molar-refractivity contribution in [2.45, 2.75) is 39.2 Å². The molecule has 1 unspecified atom stereocenters. The summed E-state index contributed by atoms with van der Waals surface area (Å²) in [7, 11) is 0. The van der Waals surface area contributed by atoms with E-state index in [1.165, 1.54) is 24.0 Å². The van der Waals surface area contributed by atoms with Crippen LogP contribution in [0.15, 0.2) is 28.9 Å². The maximum Gasteiger partial charge on any atom is 0.148 e. The Labute approximate surface area is 128 Å². The van der Waals surface area contributed by atoms with Gasteiger partial charge in [-0.1, -0.05) is 24.3 Å². The average Bonchev–Trinajstić information content (AvgIpc) is 2.45. The third-order valence-corrected chi connectivity index (χ3v) is 4.62. The predicted molar refractivity (Wildman–Crippen MR) is 84.9 cm³/mol. The van der Waals surface area contributed by atoms with Gasteiger partial charge in [0.05, 0.1) is 17.4 Å². The largest absolute Gasteiger partial charge is 0.362 e. The van der Waals surface area contributed by atoms with Gasteiger partial charge >= 0.3 is 0 Å². The van der Waals surface area contributed by atoms with Crippen LogP contribution in [0.25, 0.3) is 0 Å². The smallest absolute Gasteiger partial charge is 0.148 e. The number of anilines is 1. The van der Waals surface area contributed by atoms with Gasteiger partial charge in [0.25, 0.3) is 0 Å². The van der Waals surface area contributed by atoms with Crippen LogP contribution in [0.4, 0.5) is 5.82 Å². The summed E-state index contributed by atoms with van der Waals surface area (Å²) in [6, 6.07) is 9.03. The molecule has 3 nitrogen and oxygen atoms in total. The Morgan fingerprint density at radius 1 is 1.15 bits per heavy atom. The second-order valence-corrected chi connectivity index (χ2v) is 6.07. The van der Waals surface area contributed by atoms with Crippen molar-refractivity contribution in [3.63, 3.8) is 0 Å². The molecule has 0 aliphatic heterocycles. The van der Waals surface area contributed by atoms with Gasteiger partial charge in [-0.25, -0.2) is 9.97 Å². The summed E-state index contributed by atoms with van der Waals surface area (Å²) in [5.74, 6) is 0.896. The molecular formula is C16H18BrN3. The minimum Gasteiger partial charge on any atom is -0.362 e. The number of halogens is 1. The van der Waals surface area contributed by atoms with Crippen LogP contribution in [0.5, 0.6) is 0 Å². The zero-order chi connectivity index (χ0) is 14.1. The van der Waals surface area contributed by atoms with E-state index in [0.717, 1.165) is 28.2 Å². The molecule has 4 heteroatoms. The number of fused-ring (bicyclic) bond motifs is 1. The molecule has 104 valence electrons. The Morgan fingerprint density at radius 2 is 1.95 bits per heavy atom. The SMILES string of the molecule is Cc1nc(NC2CCCc3ccccc32)c(C)nc1Br. The van der Waals surface area contributed by atoms with Crippen LogP contribution in [0, 0.1) is 13.8 Å². The predicted octanol–water partition coefficient (Wildman–Crippen LogP) is 4.35. The van der Waals surface area contributed by atoms with Crippen LogP contribution >= 0.6 is 15.9 Å². The van der Waals surface area contributed by atoms with Gasteiger partial charge in [0.15, 0.2) is 0 Å². The topological polar surface area (TPSA) is 37.8 Å². The highest BCUT2D eigenvalue weighted by molar-refractivity contribution is 9.10.